The number of aromatic nitrogens is 1. The molecule has 0 bridgehead atoms. The molecule has 3 aromatic rings. The van der Waals surface area contributed by atoms with Crippen LogP contribution in [-0.4, -0.2) is 21.0 Å². The molecular formula is C25H29N3OS. The number of H-pyrrole nitrogens is 1. The molecule has 0 aliphatic heterocycles. The third-order valence-electron chi connectivity index (χ3n) is 5.87. The average Bonchev–Trinajstić information content (AvgIpc) is 2.75. The van der Waals surface area contributed by atoms with Crippen LogP contribution in [0, 0.1) is 6.92 Å². The van der Waals surface area contributed by atoms with Crippen molar-refractivity contribution in [1.29, 1.82) is 0 Å². The van der Waals surface area contributed by atoms with Crippen LogP contribution in [0.2, 0.25) is 0 Å². The van der Waals surface area contributed by atoms with Crippen LogP contribution in [-0.2, 0) is 13.1 Å². The van der Waals surface area contributed by atoms with Crippen molar-refractivity contribution in [2.45, 2.75) is 58.2 Å². The molecule has 0 saturated heterocycles. The van der Waals surface area contributed by atoms with Crippen LogP contribution in [0.3, 0.4) is 0 Å². The fourth-order valence-electron chi connectivity index (χ4n) is 4.21. The van der Waals surface area contributed by atoms with Crippen molar-refractivity contribution >= 4 is 28.2 Å². The first-order chi connectivity index (χ1) is 14.6. The van der Waals surface area contributed by atoms with Crippen LogP contribution >= 0.6 is 12.2 Å². The minimum atomic E-state index is -0.0510. The number of nitrogens with one attached hydrogen (secondary N) is 2. The Morgan fingerprint density at radius 2 is 1.83 bits per heavy atom. The van der Waals surface area contributed by atoms with Crippen LogP contribution in [0.4, 0.5) is 0 Å². The molecular weight excluding hydrogens is 390 g/mol. The number of hydrogen-bond donors (Lipinski definition) is 2. The fraction of sp³-hybridized carbons (Fsp3) is 0.360. The van der Waals surface area contributed by atoms with E-state index in [-0.39, 0.29) is 5.56 Å². The summed E-state index contributed by atoms with van der Waals surface area (Å²) >= 11 is 5.82. The second-order valence-electron chi connectivity index (χ2n) is 8.34. The Labute approximate surface area is 183 Å². The topological polar surface area (TPSA) is 48.1 Å². The molecule has 0 amide bonds. The molecule has 30 heavy (non-hydrogen) atoms. The number of thiocarbonyl (C=S) groups is 1. The first kappa shape index (κ1) is 20.6. The minimum Gasteiger partial charge on any atom is -0.360 e. The van der Waals surface area contributed by atoms with Gasteiger partial charge in [0.25, 0.3) is 5.56 Å². The lowest BCUT2D eigenvalue weighted by molar-refractivity contribution is 0.362. The Kier molecular flexibility index (Phi) is 6.48. The highest BCUT2D eigenvalue weighted by Gasteiger charge is 2.19. The van der Waals surface area contributed by atoms with Gasteiger partial charge in [-0.15, -0.1) is 0 Å². The molecule has 0 unspecified atom stereocenters. The maximum Gasteiger partial charge on any atom is 0.253 e. The zero-order valence-corrected chi connectivity index (χ0v) is 18.3. The highest BCUT2D eigenvalue weighted by Crippen LogP contribution is 2.19. The maximum atomic E-state index is 12.8. The van der Waals surface area contributed by atoms with Crippen molar-refractivity contribution in [3.05, 3.63) is 81.6 Å². The molecule has 1 aromatic heterocycles. The van der Waals surface area contributed by atoms with Crippen LogP contribution in [0.1, 0.15) is 48.8 Å². The van der Waals surface area contributed by atoms with E-state index in [1.165, 1.54) is 30.4 Å². The van der Waals surface area contributed by atoms with E-state index in [1.807, 2.05) is 36.4 Å². The molecule has 0 radical (unpaired) electrons. The smallest absolute Gasteiger partial charge is 0.253 e. The summed E-state index contributed by atoms with van der Waals surface area (Å²) in [4.78, 5) is 17.9. The number of hydrogen-bond acceptors (Lipinski definition) is 2. The van der Waals surface area contributed by atoms with Gasteiger partial charge in [-0.2, -0.15) is 0 Å². The lowest BCUT2D eigenvalue weighted by Crippen LogP contribution is -2.45. The van der Waals surface area contributed by atoms with E-state index in [9.17, 15) is 4.79 Å². The molecule has 1 aliphatic carbocycles. The summed E-state index contributed by atoms with van der Waals surface area (Å²) in [5.74, 6) is 0. The first-order valence-corrected chi connectivity index (χ1v) is 11.2. The lowest BCUT2D eigenvalue weighted by atomic mass is 9.96. The molecule has 1 aliphatic rings. The summed E-state index contributed by atoms with van der Waals surface area (Å²) in [7, 11) is 0. The highest BCUT2D eigenvalue weighted by atomic mass is 32.1. The molecule has 0 atom stereocenters. The van der Waals surface area contributed by atoms with Gasteiger partial charge in [-0.25, -0.2) is 0 Å². The van der Waals surface area contributed by atoms with E-state index in [0.717, 1.165) is 34.4 Å². The number of pyridine rings is 1. The normalized spacial score (nSPS) is 14.6. The molecule has 2 aromatic carbocycles. The zero-order chi connectivity index (χ0) is 20.9. The first-order valence-electron chi connectivity index (χ1n) is 10.8. The second-order valence-corrected chi connectivity index (χ2v) is 8.73. The van der Waals surface area contributed by atoms with Crippen molar-refractivity contribution in [2.24, 2.45) is 0 Å². The Bertz CT molecular complexity index is 1070. The third-order valence-corrected chi connectivity index (χ3v) is 6.25. The van der Waals surface area contributed by atoms with E-state index in [0.29, 0.717) is 19.1 Å². The van der Waals surface area contributed by atoms with Gasteiger partial charge in [0.1, 0.15) is 0 Å². The van der Waals surface area contributed by atoms with E-state index < -0.39 is 0 Å². The van der Waals surface area contributed by atoms with E-state index in [2.05, 4.69) is 40.3 Å². The van der Waals surface area contributed by atoms with Gasteiger partial charge in [0.2, 0.25) is 0 Å². The monoisotopic (exact) mass is 419 g/mol. The van der Waals surface area contributed by atoms with Gasteiger partial charge in [-0.05, 0) is 61.1 Å². The maximum absolute atomic E-state index is 12.8. The molecule has 1 saturated carbocycles. The van der Waals surface area contributed by atoms with E-state index >= 15 is 0 Å². The number of aryl methyl sites for hydroxylation is 1. The predicted octanol–water partition coefficient (Wildman–Crippen LogP) is 5.05. The van der Waals surface area contributed by atoms with Gasteiger partial charge >= 0.3 is 0 Å². The van der Waals surface area contributed by atoms with Gasteiger partial charge in [0, 0.05) is 23.7 Å². The van der Waals surface area contributed by atoms with Crippen LogP contribution < -0.4 is 10.9 Å². The molecule has 1 heterocycles. The summed E-state index contributed by atoms with van der Waals surface area (Å²) < 4.78 is 0. The standard InChI is InChI=1S/C25H29N3OS/c1-18-12-13-23-20(14-18)15-21(24(29)27-23)17-28(16-19-8-4-2-5-9-19)25(30)26-22-10-6-3-7-11-22/h2,4-5,8-9,12-15,22H,3,6-7,10-11,16-17H2,1H3,(H,26,30)(H,27,29). The molecule has 4 rings (SSSR count). The molecule has 5 heteroatoms. The zero-order valence-electron chi connectivity index (χ0n) is 17.5. The quantitative estimate of drug-likeness (QED) is 0.569. The summed E-state index contributed by atoms with van der Waals surface area (Å²) in [5.41, 5.74) is 3.91. The number of nitrogens with zero attached hydrogens (tertiary/aromatic N) is 1. The lowest BCUT2D eigenvalue weighted by Gasteiger charge is -2.31. The second kappa shape index (κ2) is 9.43. The molecule has 2 N–H and O–H groups in total. The Morgan fingerprint density at radius 3 is 2.60 bits per heavy atom. The van der Waals surface area contributed by atoms with Gasteiger partial charge in [0.15, 0.2) is 5.11 Å². The molecule has 4 nitrogen and oxygen atoms in total. The summed E-state index contributed by atoms with van der Waals surface area (Å²) in [5, 5.41) is 5.35. The van der Waals surface area contributed by atoms with Crippen LogP contribution in [0.25, 0.3) is 10.9 Å². The van der Waals surface area contributed by atoms with Crippen LogP contribution in [0.5, 0.6) is 0 Å². The Balaban J connectivity index is 1.60. The third kappa shape index (κ3) is 5.08. The number of aromatic amines is 1. The highest BCUT2D eigenvalue weighted by molar-refractivity contribution is 7.80. The minimum absolute atomic E-state index is 0.0510. The van der Waals surface area contributed by atoms with Gasteiger partial charge in [0.05, 0.1) is 6.54 Å². The predicted molar refractivity (Wildman–Crippen MR) is 128 cm³/mol. The van der Waals surface area contributed by atoms with Crippen molar-refractivity contribution in [3.8, 4) is 0 Å². The summed E-state index contributed by atoms with van der Waals surface area (Å²) in [6, 6.07) is 18.8. The van der Waals surface area contributed by atoms with Crippen molar-refractivity contribution in [3.63, 3.8) is 0 Å². The van der Waals surface area contributed by atoms with Crippen molar-refractivity contribution < 1.29 is 0 Å². The number of benzene rings is 2. The number of fused-ring (bicyclic) bond motifs is 1. The van der Waals surface area contributed by atoms with E-state index in [4.69, 9.17) is 12.2 Å². The number of rotatable bonds is 5. The molecule has 156 valence electrons. The van der Waals surface area contributed by atoms with Crippen LogP contribution in [0.15, 0.2) is 59.4 Å². The molecule has 1 fully saturated rings. The summed E-state index contributed by atoms with van der Waals surface area (Å²) in [6.45, 7) is 3.21. The Hall–Kier alpha value is -2.66. The SMILES string of the molecule is Cc1ccc2[nH]c(=O)c(CN(Cc3ccccc3)C(=S)NC3CCCCC3)cc2c1. The van der Waals surface area contributed by atoms with E-state index in [1.54, 1.807) is 0 Å². The van der Waals surface area contributed by atoms with Gasteiger partial charge in [-0.3, -0.25) is 4.79 Å². The Morgan fingerprint density at radius 1 is 1.07 bits per heavy atom. The molecule has 0 spiro atoms. The van der Waals surface area contributed by atoms with Gasteiger partial charge < -0.3 is 15.2 Å². The van der Waals surface area contributed by atoms with Gasteiger partial charge in [-0.1, -0.05) is 61.2 Å². The largest absolute Gasteiger partial charge is 0.360 e. The van der Waals surface area contributed by atoms with Crippen molar-refractivity contribution in [2.75, 3.05) is 0 Å². The van der Waals surface area contributed by atoms with Crippen molar-refractivity contribution in [1.82, 2.24) is 15.2 Å². The fourth-order valence-corrected chi connectivity index (χ4v) is 4.51. The average molecular weight is 420 g/mol. The summed E-state index contributed by atoms with van der Waals surface area (Å²) in [6.07, 6.45) is 6.14.